The molecule has 22 heavy (non-hydrogen) atoms. The molecule has 6 heteroatoms. The molecule has 0 amide bonds. The largest absolute Gasteiger partial charge is 0.479 e. The molecule has 0 aromatic heterocycles. The molecule has 0 saturated heterocycles. The molecule has 0 bridgehead atoms. The first-order chi connectivity index (χ1) is 10.5. The van der Waals surface area contributed by atoms with Gasteiger partial charge in [0.15, 0.2) is 6.10 Å². The van der Waals surface area contributed by atoms with Crippen molar-refractivity contribution in [2.45, 2.75) is 18.7 Å². The van der Waals surface area contributed by atoms with Crippen LogP contribution in [0, 0.1) is 0 Å². The second kappa shape index (κ2) is 7.36. The molecular formula is C16H17O5P. The summed E-state index contributed by atoms with van der Waals surface area (Å²) in [7, 11) is -4.04. The lowest BCUT2D eigenvalue weighted by atomic mass is 10.1. The fourth-order valence-electron chi connectivity index (χ4n) is 2.05. The first-order valence-corrected chi connectivity index (χ1v) is 8.53. The quantitative estimate of drug-likeness (QED) is 0.766. The van der Waals surface area contributed by atoms with Crippen LogP contribution < -0.4 is 0 Å². The minimum Gasteiger partial charge on any atom is -0.479 e. The van der Waals surface area contributed by atoms with Crippen LogP contribution in [0.1, 0.15) is 11.1 Å². The van der Waals surface area contributed by atoms with E-state index >= 15 is 0 Å². The Morgan fingerprint density at radius 1 is 1.00 bits per heavy atom. The second-order valence-electron chi connectivity index (χ2n) is 4.90. The van der Waals surface area contributed by atoms with Crippen molar-refractivity contribution in [1.29, 1.82) is 0 Å². The Bertz CT molecular complexity index is 657. The monoisotopic (exact) mass is 320 g/mol. The summed E-state index contributed by atoms with van der Waals surface area (Å²) < 4.78 is 17.2. The van der Waals surface area contributed by atoms with Gasteiger partial charge in [-0.15, -0.1) is 0 Å². The molecule has 2 aromatic carbocycles. The van der Waals surface area contributed by atoms with Gasteiger partial charge in [-0.3, -0.25) is 9.09 Å². The van der Waals surface area contributed by atoms with Crippen molar-refractivity contribution in [3.8, 4) is 0 Å². The van der Waals surface area contributed by atoms with Crippen LogP contribution in [-0.4, -0.2) is 22.1 Å². The molecule has 0 radical (unpaired) electrons. The molecule has 5 nitrogen and oxygen atoms in total. The van der Waals surface area contributed by atoms with Crippen molar-refractivity contribution >= 4 is 13.6 Å². The van der Waals surface area contributed by atoms with Gasteiger partial charge in [0.05, 0.1) is 6.16 Å². The van der Waals surface area contributed by atoms with E-state index in [2.05, 4.69) is 0 Å². The van der Waals surface area contributed by atoms with Gasteiger partial charge >= 0.3 is 13.6 Å². The summed E-state index contributed by atoms with van der Waals surface area (Å²) in [6, 6.07) is 17.5. The number of aliphatic carboxylic acids is 1. The summed E-state index contributed by atoms with van der Waals surface area (Å²) in [5, 5.41) is 9.21. The molecule has 2 N–H and O–H groups in total. The Labute approximate surface area is 128 Å². The highest BCUT2D eigenvalue weighted by atomic mass is 31.2. The molecule has 2 unspecified atom stereocenters. The van der Waals surface area contributed by atoms with Crippen molar-refractivity contribution < 1.29 is 23.9 Å². The van der Waals surface area contributed by atoms with Gasteiger partial charge in [0, 0.05) is 6.42 Å². The van der Waals surface area contributed by atoms with Crippen LogP contribution in [0.2, 0.25) is 0 Å². The van der Waals surface area contributed by atoms with Crippen molar-refractivity contribution in [3.05, 3.63) is 71.8 Å². The van der Waals surface area contributed by atoms with E-state index in [0.29, 0.717) is 5.56 Å². The first kappa shape index (κ1) is 16.4. The zero-order valence-electron chi connectivity index (χ0n) is 11.8. The van der Waals surface area contributed by atoms with Gasteiger partial charge in [-0.05, 0) is 11.1 Å². The standard InChI is InChI=1S/C16H17O5P/c17-16(18)15(11-13-7-3-1-4-8-13)21-22(19,20)12-14-9-5-2-6-10-14/h1-10,15H,11-12H2,(H,17,18)(H,19,20). The lowest BCUT2D eigenvalue weighted by Crippen LogP contribution is -2.25. The number of carbonyl (C=O) groups is 1. The summed E-state index contributed by atoms with van der Waals surface area (Å²) in [5.41, 5.74) is 1.35. The van der Waals surface area contributed by atoms with Gasteiger partial charge in [-0.1, -0.05) is 60.7 Å². The van der Waals surface area contributed by atoms with Gasteiger partial charge < -0.3 is 10.00 Å². The summed E-state index contributed by atoms with van der Waals surface area (Å²) in [4.78, 5) is 21.2. The molecular weight excluding hydrogens is 303 g/mol. The Morgan fingerprint density at radius 2 is 1.50 bits per heavy atom. The molecule has 0 fully saturated rings. The summed E-state index contributed by atoms with van der Waals surface area (Å²) in [6.07, 6.45) is -1.54. The highest BCUT2D eigenvalue weighted by Crippen LogP contribution is 2.47. The Kier molecular flexibility index (Phi) is 5.50. The molecule has 0 heterocycles. The maximum absolute atomic E-state index is 12.2. The Hall–Kier alpha value is -1.94. The van der Waals surface area contributed by atoms with E-state index in [0.717, 1.165) is 5.56 Å². The van der Waals surface area contributed by atoms with Crippen LogP contribution in [-0.2, 0) is 26.5 Å². The zero-order valence-corrected chi connectivity index (χ0v) is 12.7. The van der Waals surface area contributed by atoms with Crippen LogP contribution in [0.15, 0.2) is 60.7 Å². The topological polar surface area (TPSA) is 83.8 Å². The van der Waals surface area contributed by atoms with Crippen LogP contribution in [0.4, 0.5) is 0 Å². The first-order valence-electron chi connectivity index (χ1n) is 6.77. The van der Waals surface area contributed by atoms with E-state index in [1.807, 2.05) is 6.07 Å². The van der Waals surface area contributed by atoms with Gasteiger partial charge in [0.25, 0.3) is 0 Å². The average molecular weight is 320 g/mol. The third kappa shape index (κ3) is 5.11. The van der Waals surface area contributed by atoms with E-state index in [1.165, 1.54) is 0 Å². The molecule has 2 rings (SSSR count). The predicted octanol–water partition coefficient (Wildman–Crippen LogP) is 3.08. The molecule has 0 spiro atoms. The molecule has 116 valence electrons. The van der Waals surface area contributed by atoms with E-state index in [9.17, 15) is 19.4 Å². The molecule has 2 atom stereocenters. The molecule has 0 saturated carbocycles. The van der Waals surface area contributed by atoms with Gasteiger partial charge in [-0.25, -0.2) is 4.79 Å². The lowest BCUT2D eigenvalue weighted by Gasteiger charge is -2.18. The Balaban J connectivity index is 2.06. The molecule has 0 aliphatic rings. The fraction of sp³-hybridized carbons (Fsp3) is 0.188. The SMILES string of the molecule is O=C(O)C(Cc1ccccc1)OP(=O)(O)Cc1ccccc1. The molecule has 0 aliphatic heterocycles. The number of benzene rings is 2. The molecule has 0 aliphatic carbocycles. The minimum absolute atomic E-state index is 0.0372. The van der Waals surface area contributed by atoms with Crippen molar-refractivity contribution in [3.63, 3.8) is 0 Å². The number of hydrogen-bond acceptors (Lipinski definition) is 3. The number of carboxylic acid groups (broad SMARTS) is 1. The highest BCUT2D eigenvalue weighted by Gasteiger charge is 2.30. The van der Waals surface area contributed by atoms with E-state index in [-0.39, 0.29) is 12.6 Å². The fourth-order valence-corrected chi connectivity index (χ4v) is 3.36. The zero-order chi connectivity index (χ0) is 16.0. The summed E-state index contributed by atoms with van der Waals surface area (Å²) >= 11 is 0. The number of carboxylic acids is 1. The van der Waals surface area contributed by atoms with Gasteiger partial charge in [-0.2, -0.15) is 0 Å². The Morgan fingerprint density at radius 3 is 2.00 bits per heavy atom. The van der Waals surface area contributed by atoms with E-state index in [1.54, 1.807) is 54.6 Å². The van der Waals surface area contributed by atoms with E-state index < -0.39 is 19.7 Å². The van der Waals surface area contributed by atoms with Crippen LogP contribution in [0.5, 0.6) is 0 Å². The predicted molar refractivity (Wildman–Crippen MR) is 82.6 cm³/mol. The van der Waals surface area contributed by atoms with Crippen LogP contribution in [0.3, 0.4) is 0 Å². The number of hydrogen-bond donors (Lipinski definition) is 2. The third-order valence-electron chi connectivity index (χ3n) is 3.06. The van der Waals surface area contributed by atoms with Crippen LogP contribution >= 0.6 is 7.60 Å². The molecule has 2 aromatic rings. The highest BCUT2D eigenvalue weighted by molar-refractivity contribution is 7.52. The summed E-state index contributed by atoms with van der Waals surface area (Å²) in [6.45, 7) is 0. The van der Waals surface area contributed by atoms with E-state index in [4.69, 9.17) is 4.52 Å². The van der Waals surface area contributed by atoms with Crippen molar-refractivity contribution in [2.24, 2.45) is 0 Å². The third-order valence-corrected chi connectivity index (χ3v) is 4.41. The lowest BCUT2D eigenvalue weighted by molar-refractivity contribution is -0.145. The normalized spacial score (nSPS) is 15.0. The van der Waals surface area contributed by atoms with Gasteiger partial charge in [0.1, 0.15) is 0 Å². The average Bonchev–Trinajstić information content (AvgIpc) is 2.48. The van der Waals surface area contributed by atoms with Crippen molar-refractivity contribution in [1.82, 2.24) is 0 Å². The second-order valence-corrected chi connectivity index (χ2v) is 6.71. The maximum atomic E-state index is 12.2. The minimum atomic E-state index is -4.04. The smallest absolute Gasteiger partial charge is 0.333 e. The van der Waals surface area contributed by atoms with Crippen LogP contribution in [0.25, 0.3) is 0 Å². The summed E-state index contributed by atoms with van der Waals surface area (Å²) in [5.74, 6) is -1.26. The van der Waals surface area contributed by atoms with Crippen molar-refractivity contribution in [2.75, 3.05) is 0 Å². The van der Waals surface area contributed by atoms with Gasteiger partial charge in [0.2, 0.25) is 0 Å². The number of rotatable bonds is 7. The maximum Gasteiger partial charge on any atom is 0.333 e.